The van der Waals surface area contributed by atoms with E-state index in [-0.39, 0.29) is 5.56 Å². The van der Waals surface area contributed by atoms with Crippen LogP contribution in [0, 0.1) is 0 Å². The first kappa shape index (κ1) is 11.4. The molecule has 1 aromatic heterocycles. The standard InChI is InChI=1S/C9H9N3O.C2H6/c1-2-12-9(13)7-5-3-4-6-8(7)10-11-12;1-2/h3-6H,2H2,1H3;1-2H3. The van der Waals surface area contributed by atoms with E-state index in [1.807, 2.05) is 32.9 Å². The van der Waals surface area contributed by atoms with Crippen molar-refractivity contribution in [3.63, 3.8) is 0 Å². The summed E-state index contributed by atoms with van der Waals surface area (Å²) < 4.78 is 1.35. The Bertz CT molecular complexity index is 490. The van der Waals surface area contributed by atoms with Gasteiger partial charge in [0.2, 0.25) is 0 Å². The van der Waals surface area contributed by atoms with Crippen LogP contribution >= 0.6 is 0 Å². The first-order chi connectivity index (χ1) is 7.33. The van der Waals surface area contributed by atoms with Crippen molar-refractivity contribution in [3.8, 4) is 0 Å². The lowest BCUT2D eigenvalue weighted by atomic mass is 10.2. The highest BCUT2D eigenvalue weighted by Crippen LogP contribution is 2.02. The second-order valence-corrected chi connectivity index (χ2v) is 2.73. The molecular formula is C11H15N3O. The van der Waals surface area contributed by atoms with Crippen LogP contribution in [0.5, 0.6) is 0 Å². The molecule has 0 bridgehead atoms. The summed E-state index contributed by atoms with van der Waals surface area (Å²) >= 11 is 0. The minimum atomic E-state index is -0.0758. The maximum absolute atomic E-state index is 11.6. The number of fused-ring (bicyclic) bond motifs is 1. The predicted octanol–water partition coefficient (Wildman–Crippen LogP) is 1.84. The third-order valence-electron chi connectivity index (χ3n) is 1.93. The van der Waals surface area contributed by atoms with E-state index in [1.165, 1.54) is 4.68 Å². The van der Waals surface area contributed by atoms with Crippen LogP contribution in [-0.4, -0.2) is 15.0 Å². The molecule has 0 aliphatic carbocycles. The number of benzene rings is 1. The zero-order valence-electron chi connectivity index (χ0n) is 9.27. The Morgan fingerprint density at radius 2 is 1.93 bits per heavy atom. The van der Waals surface area contributed by atoms with Crippen molar-refractivity contribution in [2.75, 3.05) is 0 Å². The Balaban J connectivity index is 0.000000531. The summed E-state index contributed by atoms with van der Waals surface area (Å²) in [5, 5.41) is 8.33. The molecular weight excluding hydrogens is 190 g/mol. The zero-order chi connectivity index (χ0) is 11.3. The first-order valence-corrected chi connectivity index (χ1v) is 5.15. The van der Waals surface area contributed by atoms with Crippen LogP contribution in [0.3, 0.4) is 0 Å². The number of hydrogen-bond donors (Lipinski definition) is 0. The van der Waals surface area contributed by atoms with Gasteiger partial charge in [-0.05, 0) is 19.1 Å². The molecule has 1 aromatic carbocycles. The van der Waals surface area contributed by atoms with Crippen LogP contribution in [0.2, 0.25) is 0 Å². The van der Waals surface area contributed by atoms with Gasteiger partial charge in [-0.15, -0.1) is 5.10 Å². The van der Waals surface area contributed by atoms with Gasteiger partial charge in [-0.3, -0.25) is 4.79 Å². The molecule has 15 heavy (non-hydrogen) atoms. The molecule has 0 aliphatic heterocycles. The van der Waals surface area contributed by atoms with Gasteiger partial charge in [0.15, 0.2) is 0 Å². The molecule has 4 heteroatoms. The number of rotatable bonds is 1. The van der Waals surface area contributed by atoms with Gasteiger partial charge < -0.3 is 0 Å². The molecule has 0 unspecified atom stereocenters. The minimum absolute atomic E-state index is 0.0758. The zero-order valence-corrected chi connectivity index (χ0v) is 9.27. The van der Waals surface area contributed by atoms with Crippen molar-refractivity contribution in [2.45, 2.75) is 27.3 Å². The molecule has 0 radical (unpaired) electrons. The highest BCUT2D eigenvalue weighted by atomic mass is 16.1. The van der Waals surface area contributed by atoms with Crippen molar-refractivity contribution in [1.82, 2.24) is 15.0 Å². The molecule has 0 saturated carbocycles. The van der Waals surface area contributed by atoms with E-state index < -0.39 is 0 Å². The van der Waals surface area contributed by atoms with E-state index in [9.17, 15) is 4.79 Å². The highest BCUT2D eigenvalue weighted by Gasteiger charge is 2.01. The number of nitrogens with zero attached hydrogens (tertiary/aromatic N) is 3. The molecule has 0 atom stereocenters. The second kappa shape index (κ2) is 5.24. The summed E-state index contributed by atoms with van der Waals surface area (Å²) in [6.07, 6.45) is 0. The molecule has 1 heterocycles. The van der Waals surface area contributed by atoms with E-state index in [4.69, 9.17) is 0 Å². The fraction of sp³-hybridized carbons (Fsp3) is 0.364. The van der Waals surface area contributed by atoms with Crippen LogP contribution in [0.15, 0.2) is 29.1 Å². The molecule has 0 aliphatic rings. The van der Waals surface area contributed by atoms with E-state index in [1.54, 1.807) is 12.1 Å². The van der Waals surface area contributed by atoms with E-state index in [0.717, 1.165) is 0 Å². The second-order valence-electron chi connectivity index (χ2n) is 2.73. The average Bonchev–Trinajstić information content (AvgIpc) is 2.33. The smallest absolute Gasteiger partial charge is 0.267 e. The molecule has 0 spiro atoms. The van der Waals surface area contributed by atoms with Crippen molar-refractivity contribution in [3.05, 3.63) is 34.6 Å². The molecule has 0 N–H and O–H groups in total. The van der Waals surface area contributed by atoms with Crippen LogP contribution in [0.4, 0.5) is 0 Å². The van der Waals surface area contributed by atoms with Crippen molar-refractivity contribution < 1.29 is 0 Å². The van der Waals surface area contributed by atoms with Crippen LogP contribution < -0.4 is 5.56 Å². The average molecular weight is 205 g/mol. The lowest BCUT2D eigenvalue weighted by Gasteiger charge is -1.99. The van der Waals surface area contributed by atoms with Crippen molar-refractivity contribution in [2.24, 2.45) is 0 Å². The number of aryl methyl sites for hydroxylation is 1. The van der Waals surface area contributed by atoms with Gasteiger partial charge >= 0.3 is 0 Å². The van der Waals surface area contributed by atoms with Gasteiger partial charge in [0, 0.05) is 6.54 Å². The fourth-order valence-electron chi connectivity index (χ4n) is 1.23. The minimum Gasteiger partial charge on any atom is -0.267 e. The monoisotopic (exact) mass is 205 g/mol. The van der Waals surface area contributed by atoms with E-state index in [0.29, 0.717) is 17.4 Å². The van der Waals surface area contributed by atoms with Crippen molar-refractivity contribution >= 4 is 10.9 Å². The maximum atomic E-state index is 11.6. The lowest BCUT2D eigenvalue weighted by molar-refractivity contribution is 0.581. The molecule has 0 amide bonds. The largest absolute Gasteiger partial charge is 0.277 e. The van der Waals surface area contributed by atoms with Crippen molar-refractivity contribution in [1.29, 1.82) is 0 Å². The van der Waals surface area contributed by atoms with Gasteiger partial charge in [0.25, 0.3) is 5.56 Å². The summed E-state index contributed by atoms with van der Waals surface area (Å²) in [6.45, 7) is 6.42. The number of aromatic nitrogens is 3. The predicted molar refractivity (Wildman–Crippen MR) is 60.8 cm³/mol. The summed E-state index contributed by atoms with van der Waals surface area (Å²) in [5.74, 6) is 0. The van der Waals surface area contributed by atoms with E-state index >= 15 is 0 Å². The SMILES string of the molecule is CC.CCn1nnc2ccccc2c1=O. The molecule has 2 rings (SSSR count). The van der Waals surface area contributed by atoms with Gasteiger partial charge in [-0.2, -0.15) is 0 Å². The number of hydrogen-bond acceptors (Lipinski definition) is 3. The Hall–Kier alpha value is -1.71. The first-order valence-electron chi connectivity index (χ1n) is 5.15. The summed E-state index contributed by atoms with van der Waals surface area (Å²) in [6, 6.07) is 7.21. The molecule has 0 fully saturated rings. The molecule has 2 aromatic rings. The third-order valence-corrected chi connectivity index (χ3v) is 1.93. The quantitative estimate of drug-likeness (QED) is 0.713. The lowest BCUT2D eigenvalue weighted by Crippen LogP contribution is -2.23. The maximum Gasteiger partial charge on any atom is 0.277 e. The summed E-state index contributed by atoms with van der Waals surface area (Å²) in [5.41, 5.74) is 0.574. The van der Waals surface area contributed by atoms with Crippen LogP contribution in [-0.2, 0) is 6.54 Å². The Kier molecular flexibility index (Phi) is 3.97. The Morgan fingerprint density at radius 3 is 2.60 bits per heavy atom. The topological polar surface area (TPSA) is 47.8 Å². The Labute approximate surface area is 88.5 Å². The van der Waals surface area contributed by atoms with Crippen LogP contribution in [0.25, 0.3) is 10.9 Å². The van der Waals surface area contributed by atoms with E-state index in [2.05, 4.69) is 10.3 Å². The fourth-order valence-corrected chi connectivity index (χ4v) is 1.23. The summed E-state index contributed by atoms with van der Waals surface area (Å²) in [7, 11) is 0. The third kappa shape index (κ3) is 2.21. The van der Waals surface area contributed by atoms with Crippen LogP contribution in [0.1, 0.15) is 20.8 Å². The molecule has 80 valence electrons. The summed E-state index contributed by atoms with van der Waals surface area (Å²) in [4.78, 5) is 11.6. The Morgan fingerprint density at radius 1 is 1.27 bits per heavy atom. The van der Waals surface area contributed by atoms with Gasteiger partial charge in [0.1, 0.15) is 5.52 Å². The van der Waals surface area contributed by atoms with Gasteiger partial charge in [0.05, 0.1) is 5.39 Å². The molecule has 4 nitrogen and oxygen atoms in total. The van der Waals surface area contributed by atoms with Gasteiger partial charge in [-0.1, -0.05) is 31.2 Å². The normalized spacial score (nSPS) is 9.53. The van der Waals surface area contributed by atoms with Gasteiger partial charge in [-0.25, -0.2) is 4.68 Å². The highest BCUT2D eigenvalue weighted by molar-refractivity contribution is 5.76. The molecule has 0 saturated heterocycles.